The number of hydrogen-bond donors (Lipinski definition) is 2. The van der Waals surface area contributed by atoms with Gasteiger partial charge < -0.3 is 11.1 Å². The molecule has 1 heterocycles. The van der Waals surface area contributed by atoms with Gasteiger partial charge in [-0.05, 0) is 43.4 Å². The Morgan fingerprint density at radius 2 is 1.60 bits per heavy atom. The molecule has 0 atom stereocenters. The molecule has 0 spiro atoms. The molecule has 0 unspecified atom stereocenters. The minimum absolute atomic E-state index is 0. The molecule has 0 aromatic heterocycles. The van der Waals surface area contributed by atoms with Crippen LogP contribution in [0.1, 0.15) is 54.4 Å². The predicted molar refractivity (Wildman–Crippen MR) is 96.2 cm³/mol. The lowest BCUT2D eigenvalue weighted by Gasteiger charge is -2.26. The van der Waals surface area contributed by atoms with E-state index in [1.54, 1.807) is 24.3 Å². The summed E-state index contributed by atoms with van der Waals surface area (Å²) in [5, 5.41) is 3.05. The van der Waals surface area contributed by atoms with Crippen molar-refractivity contribution in [2.45, 2.75) is 57.2 Å². The molecule has 1 aromatic rings. The van der Waals surface area contributed by atoms with E-state index in [4.69, 9.17) is 5.73 Å². The molecule has 0 radical (unpaired) electrons. The van der Waals surface area contributed by atoms with E-state index >= 15 is 0 Å². The fourth-order valence-corrected chi connectivity index (χ4v) is 3.28. The van der Waals surface area contributed by atoms with Gasteiger partial charge in [-0.1, -0.05) is 12.1 Å². The quantitative estimate of drug-likeness (QED) is 0.795. The van der Waals surface area contributed by atoms with E-state index in [2.05, 4.69) is 5.32 Å². The Balaban J connectivity index is 0.00000225. The van der Waals surface area contributed by atoms with Gasteiger partial charge in [0.15, 0.2) is 0 Å². The highest BCUT2D eigenvalue weighted by atomic mass is 35.5. The molecule has 25 heavy (non-hydrogen) atoms. The lowest BCUT2D eigenvalue weighted by Crippen LogP contribution is -2.40. The van der Waals surface area contributed by atoms with Gasteiger partial charge in [-0.25, -0.2) is 0 Å². The highest BCUT2D eigenvalue weighted by molar-refractivity contribution is 6.01. The van der Waals surface area contributed by atoms with Gasteiger partial charge in [0.1, 0.15) is 0 Å². The Kier molecular flexibility index (Phi) is 6.56. The molecular weight excluding hydrogens is 342 g/mol. The normalized spacial score (nSPS) is 23.3. The third-order valence-corrected chi connectivity index (χ3v) is 4.82. The highest BCUT2D eigenvalue weighted by Gasteiger charge is 2.28. The van der Waals surface area contributed by atoms with Crippen LogP contribution in [0.4, 0.5) is 0 Å². The number of carbonyl (C=O) groups is 3. The summed E-state index contributed by atoms with van der Waals surface area (Å²) in [4.78, 5) is 36.9. The SMILES string of the molecule is Cl.NC1CCC(NC(=O)c2ccc(CN3C(=O)CCC3=O)cc2)CC1. The molecule has 1 aromatic carbocycles. The summed E-state index contributed by atoms with van der Waals surface area (Å²) in [5.41, 5.74) is 7.31. The van der Waals surface area contributed by atoms with Gasteiger partial charge in [0, 0.05) is 30.5 Å². The zero-order valence-electron chi connectivity index (χ0n) is 14.1. The smallest absolute Gasteiger partial charge is 0.251 e. The molecule has 3 rings (SSSR count). The van der Waals surface area contributed by atoms with Gasteiger partial charge >= 0.3 is 0 Å². The zero-order chi connectivity index (χ0) is 17.1. The first-order valence-corrected chi connectivity index (χ1v) is 8.51. The maximum absolute atomic E-state index is 12.3. The van der Waals surface area contributed by atoms with Crippen LogP contribution in [0.25, 0.3) is 0 Å². The number of halogens is 1. The largest absolute Gasteiger partial charge is 0.349 e. The number of nitrogens with two attached hydrogens (primary N) is 1. The molecular formula is C18H24ClN3O3. The number of likely N-dealkylation sites (tertiary alicyclic amines) is 1. The van der Waals surface area contributed by atoms with Crippen molar-refractivity contribution in [3.8, 4) is 0 Å². The van der Waals surface area contributed by atoms with Crippen LogP contribution < -0.4 is 11.1 Å². The summed E-state index contributed by atoms with van der Waals surface area (Å²) in [5.74, 6) is -0.343. The summed E-state index contributed by atoms with van der Waals surface area (Å²) >= 11 is 0. The second-order valence-corrected chi connectivity index (χ2v) is 6.66. The molecule has 1 saturated carbocycles. The predicted octanol–water partition coefficient (Wildman–Crippen LogP) is 1.76. The van der Waals surface area contributed by atoms with Crippen molar-refractivity contribution in [1.82, 2.24) is 10.2 Å². The first kappa shape index (κ1) is 19.4. The van der Waals surface area contributed by atoms with Crippen LogP contribution in [0.2, 0.25) is 0 Å². The number of amides is 3. The minimum Gasteiger partial charge on any atom is -0.349 e. The van der Waals surface area contributed by atoms with Crippen LogP contribution >= 0.6 is 12.4 Å². The molecule has 3 amide bonds. The highest BCUT2D eigenvalue weighted by Crippen LogP contribution is 2.18. The average Bonchev–Trinajstić information content (AvgIpc) is 2.89. The second kappa shape index (κ2) is 8.45. The Bertz CT molecular complexity index is 623. The standard InChI is InChI=1S/C18H23N3O3.ClH/c19-14-5-7-15(8-6-14)20-18(24)13-3-1-12(2-4-13)11-21-16(22)9-10-17(21)23;/h1-4,14-15H,5-11,19H2,(H,20,24);1H. The van der Waals surface area contributed by atoms with Crippen LogP contribution in [0, 0.1) is 0 Å². The van der Waals surface area contributed by atoms with Crippen molar-refractivity contribution in [1.29, 1.82) is 0 Å². The first-order valence-electron chi connectivity index (χ1n) is 8.51. The zero-order valence-corrected chi connectivity index (χ0v) is 14.9. The van der Waals surface area contributed by atoms with Crippen molar-refractivity contribution >= 4 is 30.1 Å². The van der Waals surface area contributed by atoms with E-state index < -0.39 is 0 Å². The van der Waals surface area contributed by atoms with Gasteiger partial charge in [-0.3, -0.25) is 19.3 Å². The van der Waals surface area contributed by atoms with Crippen molar-refractivity contribution in [3.05, 3.63) is 35.4 Å². The lowest BCUT2D eigenvalue weighted by atomic mass is 9.91. The number of imide groups is 1. The Labute approximate surface area is 153 Å². The molecule has 1 saturated heterocycles. The minimum atomic E-state index is -0.127. The Hall–Kier alpha value is -1.92. The first-order chi connectivity index (χ1) is 11.5. The van der Waals surface area contributed by atoms with Crippen molar-refractivity contribution in [3.63, 3.8) is 0 Å². The van der Waals surface area contributed by atoms with Crippen LogP contribution in [-0.4, -0.2) is 34.7 Å². The summed E-state index contributed by atoms with van der Waals surface area (Å²) < 4.78 is 0. The molecule has 136 valence electrons. The van der Waals surface area contributed by atoms with Gasteiger partial charge in [0.25, 0.3) is 5.91 Å². The van der Waals surface area contributed by atoms with Gasteiger partial charge in [0.05, 0.1) is 6.54 Å². The van der Waals surface area contributed by atoms with Crippen LogP contribution in [0.15, 0.2) is 24.3 Å². The number of carbonyl (C=O) groups excluding carboxylic acids is 3. The number of rotatable bonds is 4. The van der Waals surface area contributed by atoms with E-state index in [1.165, 1.54) is 4.90 Å². The van der Waals surface area contributed by atoms with Gasteiger partial charge in [-0.15, -0.1) is 12.4 Å². The maximum Gasteiger partial charge on any atom is 0.251 e. The van der Waals surface area contributed by atoms with Crippen molar-refractivity contribution < 1.29 is 14.4 Å². The molecule has 7 heteroatoms. The molecule has 0 bridgehead atoms. The Morgan fingerprint density at radius 1 is 1.04 bits per heavy atom. The Morgan fingerprint density at radius 3 is 2.16 bits per heavy atom. The van der Waals surface area contributed by atoms with E-state index in [9.17, 15) is 14.4 Å². The van der Waals surface area contributed by atoms with Crippen molar-refractivity contribution in [2.24, 2.45) is 5.73 Å². The van der Waals surface area contributed by atoms with Gasteiger partial charge in [-0.2, -0.15) is 0 Å². The maximum atomic E-state index is 12.3. The molecule has 3 N–H and O–H groups in total. The van der Waals surface area contributed by atoms with E-state index in [1.807, 2.05) is 0 Å². The average molecular weight is 366 g/mol. The molecule has 1 aliphatic carbocycles. The van der Waals surface area contributed by atoms with Crippen LogP contribution in [-0.2, 0) is 16.1 Å². The third-order valence-electron chi connectivity index (χ3n) is 4.82. The topological polar surface area (TPSA) is 92.5 Å². The van der Waals surface area contributed by atoms with E-state index in [-0.39, 0.29) is 48.8 Å². The number of hydrogen-bond acceptors (Lipinski definition) is 4. The number of benzene rings is 1. The molecule has 2 fully saturated rings. The second-order valence-electron chi connectivity index (χ2n) is 6.66. The lowest BCUT2D eigenvalue weighted by molar-refractivity contribution is -0.139. The summed E-state index contributed by atoms with van der Waals surface area (Å²) in [6.45, 7) is 0.278. The van der Waals surface area contributed by atoms with E-state index in [0.717, 1.165) is 31.2 Å². The molecule has 2 aliphatic rings. The monoisotopic (exact) mass is 365 g/mol. The van der Waals surface area contributed by atoms with E-state index in [0.29, 0.717) is 18.4 Å². The summed E-state index contributed by atoms with van der Waals surface area (Å²) in [6, 6.07) is 7.52. The van der Waals surface area contributed by atoms with Crippen LogP contribution in [0.5, 0.6) is 0 Å². The molecule has 1 aliphatic heterocycles. The fraction of sp³-hybridized carbons (Fsp3) is 0.500. The molecule has 6 nitrogen and oxygen atoms in total. The number of nitrogens with one attached hydrogen (secondary N) is 1. The number of nitrogens with zero attached hydrogens (tertiary/aromatic N) is 1. The fourth-order valence-electron chi connectivity index (χ4n) is 3.28. The van der Waals surface area contributed by atoms with Crippen LogP contribution in [0.3, 0.4) is 0 Å². The third kappa shape index (κ3) is 4.80. The summed E-state index contributed by atoms with van der Waals surface area (Å²) in [7, 11) is 0. The van der Waals surface area contributed by atoms with Crippen molar-refractivity contribution in [2.75, 3.05) is 0 Å². The van der Waals surface area contributed by atoms with Gasteiger partial charge in [0.2, 0.25) is 11.8 Å². The summed E-state index contributed by atoms with van der Waals surface area (Å²) in [6.07, 6.45) is 4.33.